The normalized spacial score (nSPS) is 10.5. The molecule has 0 fully saturated rings. The van der Waals surface area contributed by atoms with E-state index in [0.717, 1.165) is 43.2 Å². The number of imidazole rings is 1. The van der Waals surface area contributed by atoms with Crippen LogP contribution in [0.25, 0.3) is 10.9 Å². The van der Waals surface area contributed by atoms with Crippen LogP contribution < -0.4 is 30.1 Å². The molecule has 0 bridgehead atoms. The number of fused-ring (bicyclic) bond motifs is 1. The first-order chi connectivity index (χ1) is 13.3. The summed E-state index contributed by atoms with van der Waals surface area (Å²) in [5.41, 5.74) is 3.70. The highest BCUT2D eigenvalue weighted by molar-refractivity contribution is 6.31. The Labute approximate surface area is 188 Å². The van der Waals surface area contributed by atoms with Gasteiger partial charge in [-0.25, -0.2) is 4.98 Å². The lowest BCUT2D eigenvalue weighted by Crippen LogP contribution is -3.00. The smallest absolute Gasteiger partial charge is 0.0945 e. The third kappa shape index (κ3) is 5.77. The molecule has 0 saturated heterocycles. The Balaban J connectivity index is 0.00000150. The third-order valence-electron chi connectivity index (χ3n) is 4.81. The van der Waals surface area contributed by atoms with Crippen molar-refractivity contribution in [2.75, 3.05) is 6.54 Å². The van der Waals surface area contributed by atoms with E-state index >= 15 is 0 Å². The highest BCUT2D eigenvalue weighted by Crippen LogP contribution is 2.24. The van der Waals surface area contributed by atoms with E-state index in [0.29, 0.717) is 0 Å². The van der Waals surface area contributed by atoms with Crippen molar-refractivity contribution in [2.24, 2.45) is 0 Å². The molecule has 0 aliphatic rings. The van der Waals surface area contributed by atoms with Crippen LogP contribution in [0.2, 0.25) is 5.02 Å². The molecule has 0 amide bonds. The largest absolute Gasteiger partial charge is 1.00 e. The molecule has 0 unspecified atom stereocenters. The van der Waals surface area contributed by atoms with Gasteiger partial charge in [-0.05, 0) is 36.2 Å². The van der Waals surface area contributed by atoms with E-state index in [4.69, 9.17) is 11.6 Å². The number of aromatic nitrogens is 3. The predicted octanol–water partition coefficient (Wildman–Crippen LogP) is -1.27. The number of nitrogens with one attached hydrogen (secondary N) is 1. The predicted molar refractivity (Wildman–Crippen MR) is 111 cm³/mol. The van der Waals surface area contributed by atoms with Crippen molar-refractivity contribution in [2.45, 2.75) is 26.1 Å². The maximum atomic E-state index is 6.36. The molecule has 0 atom stereocenters. The van der Waals surface area contributed by atoms with E-state index in [9.17, 15) is 0 Å². The fourth-order valence-corrected chi connectivity index (χ4v) is 3.63. The standard InChI is InChI=1S/C22H23ClN4.2ClH/c23-21-8-3-1-6-18(21)15-27-16-19(20-7-2-4-9-22(20)27)14-24-10-5-12-26-13-11-25-17-26;;/h1-4,6-9,11,13,16-17,24H,5,10,12,14-15H2;2*1H/p-2. The summed E-state index contributed by atoms with van der Waals surface area (Å²) >= 11 is 6.36. The van der Waals surface area contributed by atoms with Crippen molar-refractivity contribution in [1.29, 1.82) is 0 Å². The van der Waals surface area contributed by atoms with E-state index < -0.39 is 0 Å². The Kier molecular flexibility index (Phi) is 9.05. The molecule has 4 rings (SSSR count). The van der Waals surface area contributed by atoms with E-state index in [1.807, 2.05) is 36.9 Å². The summed E-state index contributed by atoms with van der Waals surface area (Å²) in [6.45, 7) is 3.60. The Morgan fingerprint density at radius 1 is 0.966 bits per heavy atom. The van der Waals surface area contributed by atoms with E-state index in [-0.39, 0.29) is 24.8 Å². The van der Waals surface area contributed by atoms with Crippen LogP contribution in [0.4, 0.5) is 0 Å². The molecule has 154 valence electrons. The van der Waals surface area contributed by atoms with E-state index in [2.05, 4.69) is 56.0 Å². The second-order valence-electron chi connectivity index (χ2n) is 6.72. The number of halogens is 3. The van der Waals surface area contributed by atoms with Crippen molar-refractivity contribution in [3.05, 3.63) is 89.6 Å². The van der Waals surface area contributed by atoms with Gasteiger partial charge in [0, 0.05) is 54.2 Å². The van der Waals surface area contributed by atoms with Gasteiger partial charge in [0.15, 0.2) is 0 Å². The van der Waals surface area contributed by atoms with Gasteiger partial charge in [-0.15, -0.1) is 0 Å². The fraction of sp³-hybridized carbons (Fsp3) is 0.227. The lowest BCUT2D eigenvalue weighted by molar-refractivity contribution is -0.001000. The average Bonchev–Trinajstić information content (AvgIpc) is 3.32. The minimum atomic E-state index is 0. The second kappa shape index (κ2) is 11.3. The Bertz CT molecular complexity index is 1010. The Morgan fingerprint density at radius 2 is 1.76 bits per heavy atom. The van der Waals surface area contributed by atoms with Gasteiger partial charge in [0.25, 0.3) is 0 Å². The van der Waals surface area contributed by atoms with Gasteiger partial charge in [-0.3, -0.25) is 0 Å². The van der Waals surface area contributed by atoms with Gasteiger partial charge >= 0.3 is 0 Å². The van der Waals surface area contributed by atoms with Crippen LogP contribution >= 0.6 is 11.6 Å². The minimum absolute atomic E-state index is 0. The average molecular weight is 450 g/mol. The van der Waals surface area contributed by atoms with Gasteiger partial charge in [0.05, 0.1) is 6.33 Å². The monoisotopic (exact) mass is 448 g/mol. The van der Waals surface area contributed by atoms with Crippen LogP contribution in [0.15, 0.2) is 73.4 Å². The SMILES string of the molecule is Clc1ccccc1Cn1cc(CNCCCn2ccnc2)c2ccccc21.[Cl-].[Cl-]. The molecule has 4 nitrogen and oxygen atoms in total. The first kappa shape index (κ1) is 23.3. The number of aryl methyl sites for hydroxylation is 1. The molecule has 0 spiro atoms. The first-order valence-electron chi connectivity index (χ1n) is 9.28. The van der Waals surface area contributed by atoms with Crippen molar-refractivity contribution < 1.29 is 24.8 Å². The van der Waals surface area contributed by atoms with E-state index in [1.165, 1.54) is 16.5 Å². The molecule has 29 heavy (non-hydrogen) atoms. The number of benzene rings is 2. The summed E-state index contributed by atoms with van der Waals surface area (Å²) in [6, 6.07) is 16.6. The summed E-state index contributed by atoms with van der Waals surface area (Å²) in [7, 11) is 0. The lowest BCUT2D eigenvalue weighted by Gasteiger charge is -2.07. The summed E-state index contributed by atoms with van der Waals surface area (Å²) in [5, 5.41) is 5.68. The highest BCUT2D eigenvalue weighted by Gasteiger charge is 2.09. The van der Waals surface area contributed by atoms with Crippen LogP contribution in [0, 0.1) is 0 Å². The van der Waals surface area contributed by atoms with Crippen LogP contribution in [0.3, 0.4) is 0 Å². The second-order valence-corrected chi connectivity index (χ2v) is 7.13. The zero-order valence-corrected chi connectivity index (χ0v) is 18.2. The molecule has 2 aromatic heterocycles. The molecule has 1 N–H and O–H groups in total. The highest BCUT2D eigenvalue weighted by atomic mass is 35.5. The molecule has 2 heterocycles. The summed E-state index contributed by atoms with van der Waals surface area (Å²) < 4.78 is 4.40. The van der Waals surface area contributed by atoms with Gasteiger partial charge in [0.1, 0.15) is 0 Å². The van der Waals surface area contributed by atoms with Crippen LogP contribution in [0.5, 0.6) is 0 Å². The zero-order valence-electron chi connectivity index (χ0n) is 15.9. The zero-order chi connectivity index (χ0) is 18.5. The topological polar surface area (TPSA) is 34.8 Å². The third-order valence-corrected chi connectivity index (χ3v) is 5.18. The Hall–Kier alpha value is -1.98. The van der Waals surface area contributed by atoms with E-state index in [1.54, 1.807) is 0 Å². The van der Waals surface area contributed by atoms with Gasteiger partial charge in [0.2, 0.25) is 0 Å². The van der Waals surface area contributed by atoms with Gasteiger partial charge < -0.3 is 39.3 Å². The van der Waals surface area contributed by atoms with Crippen molar-refractivity contribution in [3.63, 3.8) is 0 Å². The number of rotatable bonds is 8. The van der Waals surface area contributed by atoms with Crippen LogP contribution in [0.1, 0.15) is 17.5 Å². The van der Waals surface area contributed by atoms with Crippen molar-refractivity contribution in [3.8, 4) is 0 Å². The lowest BCUT2D eigenvalue weighted by atomic mass is 10.2. The molecular weight excluding hydrogens is 427 g/mol. The molecule has 4 aromatic rings. The van der Waals surface area contributed by atoms with Crippen molar-refractivity contribution in [1.82, 2.24) is 19.4 Å². The number of nitrogens with zero attached hydrogens (tertiary/aromatic N) is 3. The number of para-hydroxylation sites is 1. The molecule has 0 aliphatic carbocycles. The summed E-state index contributed by atoms with van der Waals surface area (Å²) in [6.07, 6.45) is 9.01. The molecule has 0 saturated carbocycles. The summed E-state index contributed by atoms with van der Waals surface area (Å²) in [4.78, 5) is 4.08. The quantitative estimate of drug-likeness (QED) is 0.340. The molecule has 7 heteroatoms. The maximum absolute atomic E-state index is 6.36. The van der Waals surface area contributed by atoms with Gasteiger partial charge in [-0.2, -0.15) is 0 Å². The van der Waals surface area contributed by atoms with Crippen LogP contribution in [-0.2, 0) is 19.6 Å². The van der Waals surface area contributed by atoms with Crippen LogP contribution in [-0.4, -0.2) is 20.7 Å². The van der Waals surface area contributed by atoms with Crippen molar-refractivity contribution >= 4 is 22.5 Å². The molecule has 2 aromatic carbocycles. The summed E-state index contributed by atoms with van der Waals surface area (Å²) in [5.74, 6) is 0. The molecule has 0 radical (unpaired) electrons. The fourth-order valence-electron chi connectivity index (χ4n) is 3.43. The Morgan fingerprint density at radius 3 is 2.55 bits per heavy atom. The number of hydrogen-bond donors (Lipinski definition) is 1. The maximum Gasteiger partial charge on any atom is 0.0945 e. The first-order valence-corrected chi connectivity index (χ1v) is 9.65. The number of hydrogen-bond acceptors (Lipinski definition) is 2. The molecular formula is C22H23Cl3N4-2. The molecule has 0 aliphatic heterocycles. The van der Waals surface area contributed by atoms with Gasteiger partial charge in [-0.1, -0.05) is 48.0 Å². The minimum Gasteiger partial charge on any atom is -1.00 e.